The number of carbonyl (C=O) groups excluding carboxylic acids is 1. The number of aromatic nitrogens is 2. The van der Waals surface area contributed by atoms with Gasteiger partial charge >= 0.3 is 0 Å². The summed E-state index contributed by atoms with van der Waals surface area (Å²) in [6.45, 7) is 2.31. The zero-order chi connectivity index (χ0) is 17.2. The first kappa shape index (κ1) is 17.1. The van der Waals surface area contributed by atoms with E-state index in [1.807, 2.05) is 6.92 Å². The first-order valence-corrected chi connectivity index (χ1v) is 8.26. The molecule has 0 saturated heterocycles. The quantitative estimate of drug-likeness (QED) is 0.844. The van der Waals surface area contributed by atoms with Gasteiger partial charge in [-0.25, -0.2) is 12.8 Å². The molecule has 2 N–H and O–H groups in total. The Morgan fingerprint density at radius 1 is 1.48 bits per heavy atom. The molecule has 7 nitrogen and oxygen atoms in total. The number of primary amides is 1. The number of nitrogens with zero attached hydrogens (tertiary/aromatic N) is 3. The zero-order valence-electron chi connectivity index (χ0n) is 12.7. The maximum Gasteiger partial charge on any atom is 0.246 e. The van der Waals surface area contributed by atoms with E-state index < -0.39 is 27.8 Å². The maximum absolute atomic E-state index is 13.4. The summed E-state index contributed by atoms with van der Waals surface area (Å²) in [4.78, 5) is 11.7. The highest BCUT2D eigenvalue weighted by molar-refractivity contribution is 7.89. The van der Waals surface area contributed by atoms with Crippen molar-refractivity contribution in [2.75, 3.05) is 7.05 Å². The van der Waals surface area contributed by atoms with Gasteiger partial charge in [0.2, 0.25) is 15.9 Å². The molecule has 0 spiro atoms. The minimum absolute atomic E-state index is 0.0653. The van der Waals surface area contributed by atoms with Crippen molar-refractivity contribution < 1.29 is 17.6 Å². The van der Waals surface area contributed by atoms with Crippen LogP contribution in [0.2, 0.25) is 0 Å². The van der Waals surface area contributed by atoms with Crippen molar-refractivity contribution in [3.05, 3.63) is 48.0 Å². The van der Waals surface area contributed by atoms with Gasteiger partial charge in [0, 0.05) is 19.8 Å². The third-order valence-corrected chi connectivity index (χ3v) is 5.18. The average Bonchev–Trinajstić information content (AvgIpc) is 2.96. The molecular formula is C14H17FN4O3S. The molecule has 0 radical (unpaired) electrons. The van der Waals surface area contributed by atoms with Crippen LogP contribution in [0.15, 0.2) is 41.6 Å². The second-order valence-electron chi connectivity index (χ2n) is 4.91. The Morgan fingerprint density at radius 3 is 2.70 bits per heavy atom. The van der Waals surface area contributed by atoms with Crippen LogP contribution in [-0.2, 0) is 21.4 Å². The molecule has 2 rings (SSSR count). The molecule has 23 heavy (non-hydrogen) atoms. The van der Waals surface area contributed by atoms with Gasteiger partial charge in [-0.2, -0.15) is 9.40 Å². The third kappa shape index (κ3) is 3.40. The minimum Gasteiger partial charge on any atom is -0.368 e. The lowest BCUT2D eigenvalue weighted by molar-refractivity contribution is -0.121. The summed E-state index contributed by atoms with van der Waals surface area (Å²) in [6.07, 6.45) is 2.55. The van der Waals surface area contributed by atoms with Crippen LogP contribution in [0, 0.1) is 5.82 Å². The SMILES string of the molecule is CCn1cc(S(=O)(=O)N(C)C(C(N)=O)c2cccc(F)c2)cn1. The van der Waals surface area contributed by atoms with E-state index in [0.717, 1.165) is 10.4 Å². The van der Waals surface area contributed by atoms with Crippen molar-refractivity contribution >= 4 is 15.9 Å². The smallest absolute Gasteiger partial charge is 0.246 e. The van der Waals surface area contributed by atoms with Crippen LogP contribution in [0.3, 0.4) is 0 Å². The van der Waals surface area contributed by atoms with Crippen molar-refractivity contribution in [1.29, 1.82) is 0 Å². The number of benzene rings is 1. The molecule has 0 saturated carbocycles. The number of sulfonamides is 1. The average molecular weight is 340 g/mol. The number of rotatable bonds is 6. The molecule has 1 aromatic heterocycles. The highest BCUT2D eigenvalue weighted by atomic mass is 32.2. The van der Waals surface area contributed by atoms with Crippen molar-refractivity contribution in [2.45, 2.75) is 24.4 Å². The van der Waals surface area contributed by atoms with E-state index in [2.05, 4.69) is 5.10 Å². The number of aryl methyl sites for hydroxylation is 1. The van der Waals surface area contributed by atoms with Gasteiger partial charge in [-0.3, -0.25) is 9.48 Å². The van der Waals surface area contributed by atoms with Crippen molar-refractivity contribution in [1.82, 2.24) is 14.1 Å². The van der Waals surface area contributed by atoms with Crippen LogP contribution in [0.25, 0.3) is 0 Å². The molecule has 0 aliphatic carbocycles. The Hall–Kier alpha value is -2.26. The molecular weight excluding hydrogens is 323 g/mol. The summed E-state index contributed by atoms with van der Waals surface area (Å²) in [7, 11) is -2.79. The lowest BCUT2D eigenvalue weighted by Crippen LogP contribution is -2.39. The summed E-state index contributed by atoms with van der Waals surface area (Å²) >= 11 is 0. The number of hydrogen-bond acceptors (Lipinski definition) is 4. The molecule has 0 bridgehead atoms. The van der Waals surface area contributed by atoms with E-state index in [1.54, 1.807) is 0 Å². The predicted molar refractivity (Wildman–Crippen MR) is 81.2 cm³/mol. The Morgan fingerprint density at radius 2 is 2.17 bits per heavy atom. The van der Waals surface area contributed by atoms with Gasteiger partial charge in [0.25, 0.3) is 0 Å². The highest BCUT2D eigenvalue weighted by Gasteiger charge is 2.33. The predicted octanol–water partition coefficient (Wildman–Crippen LogP) is 0.889. The second kappa shape index (κ2) is 6.47. The largest absolute Gasteiger partial charge is 0.368 e. The lowest BCUT2D eigenvalue weighted by Gasteiger charge is -2.24. The zero-order valence-corrected chi connectivity index (χ0v) is 13.5. The molecule has 2 aromatic rings. The number of amides is 1. The Labute approximate surface area is 133 Å². The van der Waals surface area contributed by atoms with Gasteiger partial charge in [0.15, 0.2) is 0 Å². The third-order valence-electron chi connectivity index (χ3n) is 3.41. The van der Waals surface area contributed by atoms with Gasteiger partial charge in [-0.05, 0) is 24.6 Å². The Balaban J connectivity index is 2.45. The summed E-state index contributed by atoms with van der Waals surface area (Å²) in [5, 5.41) is 3.91. The van der Waals surface area contributed by atoms with E-state index in [1.165, 1.54) is 42.3 Å². The Bertz CT molecular complexity index is 819. The van der Waals surface area contributed by atoms with E-state index in [0.29, 0.717) is 6.54 Å². The van der Waals surface area contributed by atoms with Gasteiger partial charge in [-0.1, -0.05) is 12.1 Å². The van der Waals surface area contributed by atoms with Gasteiger partial charge < -0.3 is 5.73 Å². The fraction of sp³-hybridized carbons (Fsp3) is 0.286. The Kier molecular flexibility index (Phi) is 4.81. The first-order chi connectivity index (χ1) is 10.8. The van der Waals surface area contributed by atoms with Crippen LogP contribution in [0.1, 0.15) is 18.5 Å². The molecule has 0 fully saturated rings. The topological polar surface area (TPSA) is 98.3 Å². The molecule has 1 aromatic carbocycles. The molecule has 0 aliphatic rings. The molecule has 0 aliphatic heterocycles. The molecule has 1 amide bonds. The van der Waals surface area contributed by atoms with Crippen molar-refractivity contribution in [3.8, 4) is 0 Å². The highest BCUT2D eigenvalue weighted by Crippen LogP contribution is 2.26. The number of likely N-dealkylation sites (N-methyl/N-ethyl adjacent to an activating group) is 1. The van der Waals surface area contributed by atoms with E-state index in [4.69, 9.17) is 5.73 Å². The summed E-state index contributed by atoms with van der Waals surface area (Å²) in [5.74, 6) is -1.48. The molecule has 1 heterocycles. The van der Waals surface area contributed by atoms with Crippen LogP contribution in [0.5, 0.6) is 0 Å². The fourth-order valence-electron chi connectivity index (χ4n) is 2.19. The van der Waals surface area contributed by atoms with E-state index >= 15 is 0 Å². The number of halogens is 1. The van der Waals surface area contributed by atoms with Crippen molar-refractivity contribution in [2.24, 2.45) is 5.73 Å². The summed E-state index contributed by atoms with van der Waals surface area (Å²) in [6, 6.07) is 3.79. The molecule has 124 valence electrons. The maximum atomic E-state index is 13.4. The first-order valence-electron chi connectivity index (χ1n) is 6.82. The van der Waals surface area contributed by atoms with Crippen LogP contribution >= 0.6 is 0 Å². The molecule has 9 heteroatoms. The normalized spacial score (nSPS) is 13.2. The van der Waals surface area contributed by atoms with Crippen LogP contribution in [0.4, 0.5) is 4.39 Å². The minimum atomic E-state index is -4.01. The van der Waals surface area contributed by atoms with E-state index in [-0.39, 0.29) is 10.5 Å². The van der Waals surface area contributed by atoms with Crippen LogP contribution in [-0.4, -0.2) is 35.5 Å². The standard InChI is InChI=1S/C14H17FN4O3S/c1-3-19-9-12(8-17-19)23(21,22)18(2)13(14(16)20)10-5-4-6-11(15)7-10/h4-9,13H,3H2,1-2H3,(H2,16,20). The number of nitrogens with two attached hydrogens (primary N) is 1. The number of carbonyl (C=O) groups is 1. The van der Waals surface area contributed by atoms with Gasteiger partial charge in [0.05, 0.1) is 6.20 Å². The van der Waals surface area contributed by atoms with Crippen molar-refractivity contribution in [3.63, 3.8) is 0 Å². The van der Waals surface area contributed by atoms with Gasteiger partial charge in [-0.15, -0.1) is 0 Å². The summed E-state index contributed by atoms with van der Waals surface area (Å²) < 4.78 is 40.9. The second-order valence-corrected chi connectivity index (χ2v) is 6.91. The fourth-order valence-corrected chi connectivity index (χ4v) is 3.46. The monoisotopic (exact) mass is 340 g/mol. The number of hydrogen-bond donors (Lipinski definition) is 1. The van der Waals surface area contributed by atoms with E-state index in [9.17, 15) is 17.6 Å². The lowest BCUT2D eigenvalue weighted by atomic mass is 10.1. The van der Waals surface area contributed by atoms with Gasteiger partial charge in [0.1, 0.15) is 16.8 Å². The molecule has 1 atom stereocenters. The van der Waals surface area contributed by atoms with Crippen LogP contribution < -0.4 is 5.73 Å². The summed E-state index contributed by atoms with van der Waals surface area (Å²) in [5.41, 5.74) is 5.50. The molecule has 1 unspecified atom stereocenters.